The maximum atomic E-state index is 13.8. The highest BCUT2D eigenvalue weighted by Gasteiger charge is 2.41. The molecule has 3 aromatic carbocycles. The number of nitrogens with one attached hydrogen (secondary N) is 2. The van der Waals surface area contributed by atoms with E-state index < -0.39 is 0 Å². The molecule has 34 heavy (non-hydrogen) atoms. The molecule has 2 heterocycles. The second-order valence-corrected chi connectivity index (χ2v) is 9.52. The molecule has 0 aromatic heterocycles. The van der Waals surface area contributed by atoms with Crippen molar-refractivity contribution < 1.29 is 19.0 Å². The molecule has 0 bridgehead atoms. The molecule has 0 radical (unpaired) electrons. The van der Waals surface area contributed by atoms with Gasteiger partial charge < -0.3 is 24.8 Å². The van der Waals surface area contributed by atoms with Crippen LogP contribution in [0.15, 0.2) is 76.9 Å². The van der Waals surface area contributed by atoms with Gasteiger partial charge in [0, 0.05) is 22.5 Å². The Labute approximate surface area is 206 Å². The number of benzene rings is 3. The van der Waals surface area contributed by atoms with Gasteiger partial charge in [0.2, 0.25) is 6.79 Å². The van der Waals surface area contributed by atoms with Crippen LogP contribution in [0.3, 0.4) is 0 Å². The average molecular weight is 519 g/mol. The fourth-order valence-electron chi connectivity index (χ4n) is 5.00. The summed E-state index contributed by atoms with van der Waals surface area (Å²) in [7, 11) is 1.65. The molecule has 2 N–H and O–H groups in total. The lowest BCUT2D eigenvalue weighted by Gasteiger charge is -2.33. The van der Waals surface area contributed by atoms with E-state index in [9.17, 15) is 4.79 Å². The number of carbonyl (C=O) groups is 1. The largest absolute Gasteiger partial charge is 0.497 e. The van der Waals surface area contributed by atoms with Crippen molar-refractivity contribution in [3.05, 3.63) is 88.0 Å². The zero-order valence-corrected chi connectivity index (χ0v) is 20.1. The van der Waals surface area contributed by atoms with E-state index in [1.807, 2.05) is 60.7 Å². The summed E-state index contributed by atoms with van der Waals surface area (Å²) in [6.07, 6.45) is 2.63. The molecular weight excluding hydrogens is 496 g/mol. The first-order chi connectivity index (χ1) is 16.6. The van der Waals surface area contributed by atoms with E-state index in [1.165, 1.54) is 0 Å². The van der Waals surface area contributed by atoms with Gasteiger partial charge in [0.1, 0.15) is 11.5 Å². The van der Waals surface area contributed by atoms with E-state index in [-0.39, 0.29) is 30.5 Å². The Balaban J connectivity index is 1.46. The van der Waals surface area contributed by atoms with Gasteiger partial charge in [0.25, 0.3) is 0 Å². The third-order valence-electron chi connectivity index (χ3n) is 6.71. The van der Waals surface area contributed by atoms with Gasteiger partial charge in [-0.1, -0.05) is 46.3 Å². The van der Waals surface area contributed by atoms with Gasteiger partial charge in [-0.05, 0) is 47.5 Å². The molecule has 6 nitrogen and oxygen atoms in total. The van der Waals surface area contributed by atoms with Gasteiger partial charge in [-0.3, -0.25) is 4.79 Å². The number of ketones is 1. The quantitative estimate of drug-likeness (QED) is 0.441. The Bertz CT molecular complexity index is 1300. The number of anilines is 2. The van der Waals surface area contributed by atoms with Gasteiger partial charge in [0.05, 0.1) is 30.4 Å². The third kappa shape index (κ3) is 3.60. The average Bonchev–Trinajstić information content (AvgIpc) is 3.23. The topological polar surface area (TPSA) is 68.8 Å². The van der Waals surface area contributed by atoms with Crippen molar-refractivity contribution >= 4 is 33.1 Å². The highest BCUT2D eigenvalue weighted by Crippen LogP contribution is 2.48. The van der Waals surface area contributed by atoms with Gasteiger partial charge in [-0.15, -0.1) is 0 Å². The predicted molar refractivity (Wildman–Crippen MR) is 134 cm³/mol. The smallest absolute Gasteiger partial charge is 0.231 e. The molecule has 7 heteroatoms. The van der Waals surface area contributed by atoms with Crippen molar-refractivity contribution in [1.29, 1.82) is 0 Å². The summed E-state index contributed by atoms with van der Waals surface area (Å²) < 4.78 is 17.4. The summed E-state index contributed by atoms with van der Waals surface area (Å²) in [5.74, 6) is 1.99. The minimum atomic E-state index is -0.376. The molecule has 172 valence electrons. The number of hydrogen-bond donors (Lipinski definition) is 2. The van der Waals surface area contributed by atoms with E-state index >= 15 is 0 Å². The summed E-state index contributed by atoms with van der Waals surface area (Å²) >= 11 is 3.71. The number of allylic oxidation sites excluding steroid dienone is 1. The third-order valence-corrected chi connectivity index (χ3v) is 7.39. The van der Waals surface area contributed by atoms with Crippen molar-refractivity contribution in [2.75, 3.05) is 24.5 Å². The monoisotopic (exact) mass is 518 g/mol. The lowest BCUT2D eigenvalue weighted by Crippen LogP contribution is -2.34. The Morgan fingerprint density at radius 1 is 1.00 bits per heavy atom. The Morgan fingerprint density at radius 3 is 2.50 bits per heavy atom. The van der Waals surface area contributed by atoms with Crippen LogP contribution in [0.4, 0.5) is 11.4 Å². The van der Waals surface area contributed by atoms with Gasteiger partial charge in [-0.25, -0.2) is 0 Å². The van der Waals surface area contributed by atoms with Crippen LogP contribution in [0.2, 0.25) is 0 Å². The molecule has 0 fully saturated rings. The van der Waals surface area contributed by atoms with Crippen LogP contribution < -0.4 is 24.8 Å². The normalized spacial score (nSPS) is 22.5. The maximum absolute atomic E-state index is 13.8. The second kappa shape index (κ2) is 8.40. The van der Waals surface area contributed by atoms with Gasteiger partial charge in [0.15, 0.2) is 11.5 Å². The number of methoxy groups -OCH3 is 1. The summed E-state index contributed by atoms with van der Waals surface area (Å²) in [6.45, 7) is 0.199. The molecule has 3 aliphatic rings. The Kier molecular flexibility index (Phi) is 5.21. The summed E-state index contributed by atoms with van der Waals surface area (Å²) in [5.41, 5.74) is 4.84. The number of ether oxygens (including phenoxy) is 3. The first-order valence-corrected chi connectivity index (χ1v) is 12.0. The highest BCUT2D eigenvalue weighted by molar-refractivity contribution is 9.10. The predicted octanol–water partition coefficient (Wildman–Crippen LogP) is 6.02. The lowest BCUT2D eigenvalue weighted by molar-refractivity contribution is -0.122. The molecule has 1 aliphatic carbocycles. The number of rotatable bonds is 3. The first kappa shape index (κ1) is 21.1. The Hall–Kier alpha value is -3.45. The van der Waals surface area contributed by atoms with Crippen molar-refractivity contribution in [3.8, 4) is 17.2 Å². The number of para-hydroxylation sites is 2. The van der Waals surface area contributed by atoms with Gasteiger partial charge in [-0.2, -0.15) is 0 Å². The molecule has 3 aromatic rings. The molecule has 0 spiro atoms. The van der Waals surface area contributed by atoms with Crippen LogP contribution in [0, 0.1) is 5.92 Å². The number of hydrogen-bond acceptors (Lipinski definition) is 6. The SMILES string of the molecule is COc1ccc(C2C=C3Nc4ccccc4NC(c4cc5c(cc4Br)OCO5)C3C(=O)C2)cc1. The van der Waals surface area contributed by atoms with Crippen LogP contribution in [-0.4, -0.2) is 19.7 Å². The Morgan fingerprint density at radius 2 is 1.74 bits per heavy atom. The zero-order chi connectivity index (χ0) is 23.2. The number of fused-ring (bicyclic) bond motifs is 3. The lowest BCUT2D eigenvalue weighted by atomic mass is 9.76. The van der Waals surface area contributed by atoms with Crippen molar-refractivity contribution in [2.45, 2.75) is 18.4 Å². The number of halogens is 1. The standard InChI is InChI=1S/C27H23BrN2O4/c1-32-17-8-6-15(7-9-17)16-10-22-26(23(31)11-16)27(30-21-5-3-2-4-20(21)29-22)18-12-24-25(13-19(18)28)34-14-33-24/h2-10,12-13,16,26-27,29-30H,11,14H2,1H3. The summed E-state index contributed by atoms with van der Waals surface area (Å²) in [5, 5.41) is 7.21. The molecule has 3 unspecified atom stereocenters. The molecule has 0 saturated heterocycles. The van der Waals surface area contributed by atoms with Crippen LogP contribution >= 0.6 is 15.9 Å². The van der Waals surface area contributed by atoms with E-state index in [0.717, 1.165) is 38.4 Å². The molecular formula is C27H23BrN2O4. The fraction of sp³-hybridized carbons (Fsp3) is 0.222. The van der Waals surface area contributed by atoms with E-state index in [0.29, 0.717) is 17.9 Å². The molecule has 2 aliphatic heterocycles. The van der Waals surface area contributed by atoms with Crippen LogP contribution in [0.1, 0.15) is 29.5 Å². The van der Waals surface area contributed by atoms with Crippen molar-refractivity contribution in [1.82, 2.24) is 0 Å². The minimum absolute atomic E-state index is 0.0109. The summed E-state index contributed by atoms with van der Waals surface area (Å²) in [6, 6.07) is 19.6. The zero-order valence-electron chi connectivity index (χ0n) is 18.5. The highest BCUT2D eigenvalue weighted by atomic mass is 79.9. The van der Waals surface area contributed by atoms with Crippen molar-refractivity contribution in [2.24, 2.45) is 5.92 Å². The van der Waals surface area contributed by atoms with E-state index in [4.69, 9.17) is 14.2 Å². The molecule has 6 rings (SSSR count). The second-order valence-electron chi connectivity index (χ2n) is 8.67. The molecule has 0 saturated carbocycles. The fourth-order valence-corrected chi connectivity index (χ4v) is 5.57. The van der Waals surface area contributed by atoms with Crippen LogP contribution in [-0.2, 0) is 4.79 Å². The number of carbonyl (C=O) groups excluding carboxylic acids is 1. The van der Waals surface area contributed by atoms with Crippen molar-refractivity contribution in [3.63, 3.8) is 0 Å². The molecule has 3 atom stereocenters. The minimum Gasteiger partial charge on any atom is -0.497 e. The maximum Gasteiger partial charge on any atom is 0.231 e. The number of Topliss-reactive ketones (excluding diaryl/α,β-unsaturated/α-hetero) is 1. The van der Waals surface area contributed by atoms with E-state index in [1.54, 1.807) is 7.11 Å². The van der Waals surface area contributed by atoms with E-state index in [2.05, 4.69) is 32.6 Å². The van der Waals surface area contributed by atoms with Gasteiger partial charge >= 0.3 is 0 Å². The molecule has 0 amide bonds. The van der Waals surface area contributed by atoms with Crippen LogP contribution in [0.5, 0.6) is 17.2 Å². The van der Waals surface area contributed by atoms with Crippen LogP contribution in [0.25, 0.3) is 0 Å². The first-order valence-electron chi connectivity index (χ1n) is 11.2. The summed E-state index contributed by atoms with van der Waals surface area (Å²) in [4.78, 5) is 13.8.